The van der Waals surface area contributed by atoms with E-state index in [9.17, 15) is 9.59 Å². The molecule has 0 radical (unpaired) electrons. The quantitative estimate of drug-likeness (QED) is 0.694. The number of nitrogens with zero attached hydrogens (tertiary/aromatic N) is 1. The van der Waals surface area contributed by atoms with Gasteiger partial charge in [0, 0.05) is 18.1 Å². The molecule has 5 nitrogen and oxygen atoms in total. The van der Waals surface area contributed by atoms with Crippen LogP contribution < -0.4 is 10.6 Å². The number of amides is 2. The number of aromatic nitrogens is 1. The fourth-order valence-corrected chi connectivity index (χ4v) is 3.04. The summed E-state index contributed by atoms with van der Waals surface area (Å²) in [6, 6.07) is 16.9. The van der Waals surface area contributed by atoms with E-state index < -0.39 is 0 Å². The van der Waals surface area contributed by atoms with E-state index in [4.69, 9.17) is 0 Å². The summed E-state index contributed by atoms with van der Waals surface area (Å²) in [6.07, 6.45) is 2.91. The van der Waals surface area contributed by atoms with Crippen molar-refractivity contribution in [2.75, 3.05) is 5.32 Å². The van der Waals surface area contributed by atoms with Crippen LogP contribution in [0.4, 0.5) is 5.69 Å². The fraction of sp³-hybridized carbons (Fsp3) is 0.174. The summed E-state index contributed by atoms with van der Waals surface area (Å²) in [5.41, 5.74) is 4.53. The standard InChI is InChI=1S/C23H23N3O2/c1-15-9-16(2)11-21(10-15)26-23(28)20-12-19(13-24-14-20)22(27)25-17(3)18-7-5-4-6-8-18/h4-14,17H,1-3H3,(H,25,27)(H,26,28). The zero-order valence-corrected chi connectivity index (χ0v) is 16.2. The molecule has 2 amide bonds. The van der Waals surface area contributed by atoms with E-state index in [2.05, 4.69) is 15.6 Å². The molecule has 142 valence electrons. The van der Waals surface area contributed by atoms with Crippen LogP contribution >= 0.6 is 0 Å². The van der Waals surface area contributed by atoms with Gasteiger partial charge >= 0.3 is 0 Å². The van der Waals surface area contributed by atoms with Crippen LogP contribution in [0.1, 0.15) is 50.4 Å². The maximum atomic E-state index is 12.6. The maximum absolute atomic E-state index is 12.6. The highest BCUT2D eigenvalue weighted by Crippen LogP contribution is 2.16. The molecule has 0 fully saturated rings. The van der Waals surface area contributed by atoms with Gasteiger partial charge in [-0.05, 0) is 55.7 Å². The Hall–Kier alpha value is -3.47. The second-order valence-electron chi connectivity index (χ2n) is 6.90. The van der Waals surface area contributed by atoms with Crippen LogP contribution in [-0.4, -0.2) is 16.8 Å². The van der Waals surface area contributed by atoms with E-state index in [1.807, 2.05) is 69.3 Å². The molecule has 1 heterocycles. The van der Waals surface area contributed by atoms with Crippen molar-refractivity contribution in [1.29, 1.82) is 0 Å². The van der Waals surface area contributed by atoms with Gasteiger partial charge in [0.05, 0.1) is 17.2 Å². The van der Waals surface area contributed by atoms with Gasteiger partial charge in [0.2, 0.25) is 0 Å². The average molecular weight is 373 g/mol. The van der Waals surface area contributed by atoms with Crippen molar-refractivity contribution in [1.82, 2.24) is 10.3 Å². The van der Waals surface area contributed by atoms with Crippen molar-refractivity contribution >= 4 is 17.5 Å². The molecule has 0 aliphatic rings. The lowest BCUT2D eigenvalue weighted by atomic mass is 10.1. The van der Waals surface area contributed by atoms with E-state index in [0.717, 1.165) is 22.4 Å². The average Bonchev–Trinajstić information content (AvgIpc) is 2.68. The van der Waals surface area contributed by atoms with E-state index in [0.29, 0.717) is 11.1 Å². The van der Waals surface area contributed by atoms with Crippen LogP contribution in [0, 0.1) is 13.8 Å². The lowest BCUT2D eigenvalue weighted by molar-refractivity contribution is 0.0939. The van der Waals surface area contributed by atoms with Crippen LogP contribution in [0.3, 0.4) is 0 Å². The summed E-state index contributed by atoms with van der Waals surface area (Å²) in [4.78, 5) is 29.2. The zero-order valence-electron chi connectivity index (χ0n) is 16.2. The van der Waals surface area contributed by atoms with Crippen molar-refractivity contribution in [3.05, 3.63) is 94.8 Å². The number of aryl methyl sites for hydroxylation is 2. The molecule has 0 aliphatic heterocycles. The van der Waals surface area contributed by atoms with Crippen LogP contribution in [0.2, 0.25) is 0 Å². The molecule has 5 heteroatoms. The number of carbonyl (C=O) groups excluding carboxylic acids is 2. The first-order chi connectivity index (χ1) is 13.4. The predicted octanol–water partition coefficient (Wildman–Crippen LogP) is 4.44. The summed E-state index contributed by atoms with van der Waals surface area (Å²) in [5.74, 6) is -0.576. The first-order valence-corrected chi connectivity index (χ1v) is 9.13. The van der Waals surface area contributed by atoms with Crippen LogP contribution in [-0.2, 0) is 0 Å². The number of hydrogen-bond donors (Lipinski definition) is 2. The minimum Gasteiger partial charge on any atom is -0.345 e. The molecule has 1 aromatic heterocycles. The predicted molar refractivity (Wildman–Crippen MR) is 110 cm³/mol. The Balaban J connectivity index is 1.72. The van der Waals surface area contributed by atoms with Crippen molar-refractivity contribution in [2.24, 2.45) is 0 Å². The van der Waals surface area contributed by atoms with Crippen LogP contribution in [0.15, 0.2) is 67.0 Å². The minimum absolute atomic E-state index is 0.151. The summed E-state index contributed by atoms with van der Waals surface area (Å²) < 4.78 is 0. The van der Waals surface area contributed by atoms with Gasteiger partial charge in [-0.15, -0.1) is 0 Å². The highest BCUT2D eigenvalue weighted by Gasteiger charge is 2.14. The molecule has 2 aromatic carbocycles. The van der Waals surface area contributed by atoms with Gasteiger partial charge in [-0.3, -0.25) is 14.6 Å². The number of anilines is 1. The van der Waals surface area contributed by atoms with Gasteiger partial charge in [0.1, 0.15) is 0 Å². The monoisotopic (exact) mass is 373 g/mol. The van der Waals surface area contributed by atoms with Gasteiger partial charge in [0.15, 0.2) is 0 Å². The molecule has 0 spiro atoms. The van der Waals surface area contributed by atoms with E-state index in [1.165, 1.54) is 12.4 Å². The molecular formula is C23H23N3O2. The third-order valence-corrected chi connectivity index (χ3v) is 4.39. The third-order valence-electron chi connectivity index (χ3n) is 4.39. The molecule has 2 N–H and O–H groups in total. The lowest BCUT2D eigenvalue weighted by Crippen LogP contribution is -2.27. The molecule has 3 aromatic rings. The Morgan fingerprint density at radius 1 is 0.857 bits per heavy atom. The second kappa shape index (κ2) is 8.48. The minimum atomic E-state index is -0.303. The summed E-state index contributed by atoms with van der Waals surface area (Å²) in [5, 5.41) is 5.79. The Kier molecular flexibility index (Phi) is 5.84. The topological polar surface area (TPSA) is 71.1 Å². The van der Waals surface area contributed by atoms with Gasteiger partial charge in [-0.2, -0.15) is 0 Å². The van der Waals surface area contributed by atoms with Gasteiger partial charge in [-0.25, -0.2) is 0 Å². The highest BCUT2D eigenvalue weighted by atomic mass is 16.2. The van der Waals surface area contributed by atoms with E-state index in [1.54, 1.807) is 6.07 Å². The summed E-state index contributed by atoms with van der Waals surface area (Å²) >= 11 is 0. The van der Waals surface area contributed by atoms with Gasteiger partial charge in [-0.1, -0.05) is 36.4 Å². The molecule has 0 aliphatic carbocycles. The third kappa shape index (κ3) is 4.82. The fourth-order valence-electron chi connectivity index (χ4n) is 3.04. The highest BCUT2D eigenvalue weighted by molar-refractivity contribution is 6.05. The molecule has 28 heavy (non-hydrogen) atoms. The first kappa shape index (κ1) is 19.3. The smallest absolute Gasteiger partial charge is 0.257 e. The normalized spacial score (nSPS) is 11.5. The van der Waals surface area contributed by atoms with Gasteiger partial charge < -0.3 is 10.6 Å². The molecule has 1 unspecified atom stereocenters. The largest absolute Gasteiger partial charge is 0.345 e. The molecule has 0 saturated carbocycles. The number of carbonyl (C=O) groups is 2. The molecule has 0 bridgehead atoms. The van der Waals surface area contributed by atoms with Crippen molar-refractivity contribution in [3.8, 4) is 0 Å². The van der Waals surface area contributed by atoms with Crippen molar-refractivity contribution in [3.63, 3.8) is 0 Å². The van der Waals surface area contributed by atoms with Crippen LogP contribution in [0.5, 0.6) is 0 Å². The number of rotatable bonds is 5. The first-order valence-electron chi connectivity index (χ1n) is 9.13. The molecule has 3 rings (SSSR count). The summed E-state index contributed by atoms with van der Waals surface area (Å²) in [7, 11) is 0. The van der Waals surface area contributed by atoms with Gasteiger partial charge in [0.25, 0.3) is 11.8 Å². The molecule has 0 saturated heterocycles. The zero-order chi connectivity index (χ0) is 20.1. The number of nitrogens with one attached hydrogen (secondary N) is 2. The number of benzene rings is 2. The Morgan fingerprint density at radius 2 is 1.46 bits per heavy atom. The molecule has 1 atom stereocenters. The Labute approximate surface area is 164 Å². The SMILES string of the molecule is Cc1cc(C)cc(NC(=O)c2cncc(C(=O)NC(C)c3ccccc3)c2)c1. The second-order valence-corrected chi connectivity index (χ2v) is 6.90. The maximum Gasteiger partial charge on any atom is 0.257 e. The summed E-state index contributed by atoms with van der Waals surface area (Å²) in [6.45, 7) is 5.86. The Morgan fingerprint density at radius 3 is 2.11 bits per heavy atom. The van der Waals surface area contributed by atoms with E-state index >= 15 is 0 Å². The van der Waals surface area contributed by atoms with Crippen LogP contribution in [0.25, 0.3) is 0 Å². The lowest BCUT2D eigenvalue weighted by Gasteiger charge is -2.14. The van der Waals surface area contributed by atoms with Crippen molar-refractivity contribution in [2.45, 2.75) is 26.8 Å². The van der Waals surface area contributed by atoms with Crippen molar-refractivity contribution < 1.29 is 9.59 Å². The number of hydrogen-bond acceptors (Lipinski definition) is 3. The Bertz CT molecular complexity index is 979. The number of pyridine rings is 1. The molecular weight excluding hydrogens is 350 g/mol. The van der Waals surface area contributed by atoms with E-state index in [-0.39, 0.29) is 17.9 Å².